The average Bonchev–Trinajstić information content (AvgIpc) is 2.88. The van der Waals surface area contributed by atoms with E-state index in [-0.39, 0.29) is 5.60 Å². The topological polar surface area (TPSA) is 9.23 Å². The van der Waals surface area contributed by atoms with E-state index in [2.05, 4.69) is 41.5 Å². The molecule has 0 aromatic heterocycles. The van der Waals surface area contributed by atoms with Crippen molar-refractivity contribution < 1.29 is 9.22 Å². The highest BCUT2D eigenvalue weighted by molar-refractivity contribution is 5.22. The minimum Gasteiger partial charge on any atom is -0.324 e. The Kier molecular flexibility index (Phi) is 4.06. The largest absolute Gasteiger partial charge is 0.324 e. The van der Waals surface area contributed by atoms with Crippen molar-refractivity contribution in [2.24, 2.45) is 17.3 Å². The molecule has 0 saturated heterocycles. The van der Waals surface area contributed by atoms with Gasteiger partial charge in [0.1, 0.15) is 0 Å². The molecule has 2 nitrogen and oxygen atoms in total. The summed E-state index contributed by atoms with van der Waals surface area (Å²) in [5.74, 6) is 1.65. The van der Waals surface area contributed by atoms with E-state index in [1.54, 1.807) is 0 Å². The summed E-state index contributed by atoms with van der Waals surface area (Å²) >= 11 is 0. The van der Waals surface area contributed by atoms with Crippen molar-refractivity contribution in [1.29, 1.82) is 0 Å². The van der Waals surface area contributed by atoms with Gasteiger partial charge in [-0.1, -0.05) is 27.2 Å². The minimum absolute atomic E-state index is 0.202. The van der Waals surface area contributed by atoms with E-state index >= 15 is 0 Å². The Morgan fingerprint density at radius 3 is 2.16 bits per heavy atom. The van der Waals surface area contributed by atoms with Crippen molar-refractivity contribution in [3.63, 3.8) is 0 Å². The molecule has 2 aliphatic carbocycles. The van der Waals surface area contributed by atoms with Gasteiger partial charge in [0.25, 0.3) is 0 Å². The molecule has 0 bridgehead atoms. The summed E-state index contributed by atoms with van der Waals surface area (Å²) in [6, 6.07) is 0. The molecule has 2 heteroatoms. The predicted molar refractivity (Wildman–Crippen MR) is 80.9 cm³/mol. The molecule has 0 N–H and O–H groups in total. The summed E-state index contributed by atoms with van der Waals surface area (Å²) in [5.41, 5.74) is 0.607. The van der Waals surface area contributed by atoms with Crippen LogP contribution in [0.3, 0.4) is 0 Å². The molecular weight excluding hydrogens is 234 g/mol. The fourth-order valence-electron chi connectivity index (χ4n) is 4.54. The minimum atomic E-state index is 0.202. The number of nitrogens with zero attached hydrogens (tertiary/aromatic N) is 1. The van der Waals surface area contributed by atoms with Crippen LogP contribution in [0.15, 0.2) is 0 Å². The number of rotatable bonds is 6. The number of hydrogen-bond donors (Lipinski definition) is 0. The van der Waals surface area contributed by atoms with Gasteiger partial charge in [-0.15, -0.1) is 0 Å². The second-order valence-electron chi connectivity index (χ2n) is 7.61. The monoisotopic (exact) mass is 268 g/mol. The smallest absolute Gasteiger partial charge is 0.183 e. The molecule has 3 atom stereocenters. The second kappa shape index (κ2) is 5.04. The molecule has 0 radical (unpaired) electrons. The van der Waals surface area contributed by atoms with Gasteiger partial charge in [0.2, 0.25) is 0 Å². The molecule has 19 heavy (non-hydrogen) atoms. The summed E-state index contributed by atoms with van der Waals surface area (Å²) in [6.45, 7) is 18.6. The van der Waals surface area contributed by atoms with Crippen molar-refractivity contribution in [3.05, 3.63) is 0 Å². The van der Waals surface area contributed by atoms with E-state index in [0.717, 1.165) is 23.0 Å². The molecule has 0 aromatic carbocycles. The molecule has 2 aliphatic rings. The van der Waals surface area contributed by atoms with Gasteiger partial charge in [0.15, 0.2) is 6.73 Å². The number of quaternary nitrogens is 1. The van der Waals surface area contributed by atoms with Gasteiger partial charge in [-0.3, -0.25) is 0 Å². The fraction of sp³-hybridized carbons (Fsp3) is 1.00. The van der Waals surface area contributed by atoms with Gasteiger partial charge in [0, 0.05) is 0 Å². The Balaban J connectivity index is 2.06. The summed E-state index contributed by atoms with van der Waals surface area (Å²) in [4.78, 5) is 0. The molecule has 2 rings (SSSR count). The Hall–Kier alpha value is -0.0800. The number of hydrogen-bond acceptors (Lipinski definition) is 1. The first kappa shape index (κ1) is 15.3. The van der Waals surface area contributed by atoms with Gasteiger partial charge in [-0.05, 0) is 50.9 Å². The van der Waals surface area contributed by atoms with E-state index in [9.17, 15) is 0 Å². The van der Waals surface area contributed by atoms with Crippen LogP contribution in [0, 0.1) is 17.3 Å². The quantitative estimate of drug-likeness (QED) is 0.521. The molecule has 0 amide bonds. The zero-order valence-corrected chi connectivity index (χ0v) is 14.0. The Labute approximate surface area is 120 Å². The van der Waals surface area contributed by atoms with Crippen molar-refractivity contribution in [3.8, 4) is 0 Å². The predicted octanol–water partition coefficient (Wildman–Crippen LogP) is 4.05. The van der Waals surface area contributed by atoms with Crippen molar-refractivity contribution in [2.45, 2.75) is 66.4 Å². The van der Waals surface area contributed by atoms with Crippen LogP contribution in [0.2, 0.25) is 0 Å². The van der Waals surface area contributed by atoms with Gasteiger partial charge >= 0.3 is 0 Å². The SMILES string of the molecule is CC[N+](CC)(CC)COC12CC(C)CCC1C2(C)C. The first-order chi connectivity index (χ1) is 8.87. The lowest BCUT2D eigenvalue weighted by Crippen LogP contribution is -2.50. The van der Waals surface area contributed by atoms with Crippen LogP contribution in [0.1, 0.15) is 60.8 Å². The van der Waals surface area contributed by atoms with E-state index in [4.69, 9.17) is 4.74 Å². The van der Waals surface area contributed by atoms with E-state index in [1.165, 1.54) is 38.9 Å². The van der Waals surface area contributed by atoms with Crippen LogP contribution in [-0.2, 0) is 4.74 Å². The van der Waals surface area contributed by atoms with Gasteiger partial charge in [-0.2, -0.15) is 0 Å². The lowest BCUT2D eigenvalue weighted by atomic mass is 9.88. The molecule has 3 unspecified atom stereocenters. The molecule has 2 fully saturated rings. The van der Waals surface area contributed by atoms with Gasteiger partial charge in [0.05, 0.1) is 25.2 Å². The first-order valence-electron chi connectivity index (χ1n) is 8.36. The van der Waals surface area contributed by atoms with Crippen LogP contribution in [0.5, 0.6) is 0 Å². The third-order valence-corrected chi connectivity index (χ3v) is 6.65. The van der Waals surface area contributed by atoms with Crippen LogP contribution in [0.4, 0.5) is 0 Å². The number of ether oxygens (including phenoxy) is 1. The van der Waals surface area contributed by atoms with Gasteiger partial charge in [-0.25, -0.2) is 0 Å². The Morgan fingerprint density at radius 1 is 1.05 bits per heavy atom. The zero-order valence-electron chi connectivity index (χ0n) is 14.0. The molecule has 0 spiro atoms. The fourth-order valence-corrected chi connectivity index (χ4v) is 4.54. The van der Waals surface area contributed by atoms with Crippen molar-refractivity contribution in [1.82, 2.24) is 0 Å². The molecule has 0 aromatic rings. The third-order valence-electron chi connectivity index (χ3n) is 6.65. The highest BCUT2D eigenvalue weighted by Gasteiger charge is 2.73. The Bertz CT molecular complexity index is 313. The standard InChI is InChI=1S/C17H34NO/c1-7-18(8-2,9-3)13-19-17-12-14(4)10-11-15(17)16(17,5)6/h14-15H,7-13H2,1-6H3/q+1. The molecule has 2 saturated carbocycles. The summed E-state index contributed by atoms with van der Waals surface area (Å²) in [6.07, 6.45) is 4.05. The highest BCUT2D eigenvalue weighted by atomic mass is 16.5. The normalized spacial score (nSPS) is 36.9. The van der Waals surface area contributed by atoms with E-state index in [0.29, 0.717) is 5.41 Å². The lowest BCUT2D eigenvalue weighted by Gasteiger charge is -2.38. The van der Waals surface area contributed by atoms with Gasteiger partial charge < -0.3 is 9.22 Å². The van der Waals surface area contributed by atoms with E-state index in [1.807, 2.05) is 0 Å². The first-order valence-corrected chi connectivity index (χ1v) is 8.36. The van der Waals surface area contributed by atoms with Crippen LogP contribution in [-0.4, -0.2) is 36.4 Å². The van der Waals surface area contributed by atoms with Crippen molar-refractivity contribution in [2.75, 3.05) is 26.4 Å². The molecule has 0 heterocycles. The molecule has 0 aliphatic heterocycles. The lowest BCUT2D eigenvalue weighted by molar-refractivity contribution is -0.942. The van der Waals surface area contributed by atoms with Crippen molar-refractivity contribution >= 4 is 0 Å². The second-order valence-corrected chi connectivity index (χ2v) is 7.61. The Morgan fingerprint density at radius 2 is 1.63 bits per heavy atom. The molecule has 112 valence electrons. The van der Waals surface area contributed by atoms with Crippen LogP contribution >= 0.6 is 0 Å². The maximum Gasteiger partial charge on any atom is 0.183 e. The van der Waals surface area contributed by atoms with E-state index < -0.39 is 0 Å². The third kappa shape index (κ3) is 2.25. The summed E-state index contributed by atoms with van der Waals surface area (Å²) in [5, 5.41) is 0. The summed E-state index contributed by atoms with van der Waals surface area (Å²) < 4.78 is 7.75. The number of fused-ring (bicyclic) bond motifs is 1. The maximum atomic E-state index is 6.64. The van der Waals surface area contributed by atoms with Crippen LogP contribution < -0.4 is 0 Å². The van der Waals surface area contributed by atoms with Crippen LogP contribution in [0.25, 0.3) is 0 Å². The maximum absolute atomic E-state index is 6.64. The molecular formula is C17H34NO+. The average molecular weight is 268 g/mol. The summed E-state index contributed by atoms with van der Waals surface area (Å²) in [7, 11) is 0. The highest BCUT2D eigenvalue weighted by Crippen LogP contribution is 2.71. The zero-order chi connectivity index (χ0) is 14.3.